The van der Waals surface area contributed by atoms with Crippen LogP contribution in [0.1, 0.15) is 33.0 Å². The third kappa shape index (κ3) is 3.30. The molecule has 1 amide bonds. The maximum atomic E-state index is 13.3. The monoisotopic (exact) mass is 381 g/mol. The van der Waals surface area contributed by atoms with Crippen molar-refractivity contribution < 1.29 is 9.53 Å². The van der Waals surface area contributed by atoms with E-state index in [9.17, 15) is 4.79 Å². The van der Waals surface area contributed by atoms with Crippen LogP contribution in [0, 0.1) is 0 Å². The van der Waals surface area contributed by atoms with Gasteiger partial charge in [0.2, 0.25) is 0 Å². The van der Waals surface area contributed by atoms with Gasteiger partial charge in [0.25, 0.3) is 5.91 Å². The Balaban J connectivity index is 1.73. The summed E-state index contributed by atoms with van der Waals surface area (Å²) < 4.78 is 7.17. The van der Waals surface area contributed by atoms with Crippen LogP contribution in [0.4, 0.5) is 0 Å². The third-order valence-corrected chi connectivity index (χ3v) is 5.24. The van der Waals surface area contributed by atoms with E-state index >= 15 is 0 Å². The van der Waals surface area contributed by atoms with Crippen molar-refractivity contribution in [3.63, 3.8) is 0 Å². The van der Waals surface area contributed by atoms with Gasteiger partial charge in [0.15, 0.2) is 0 Å². The number of rotatable bonds is 3. The van der Waals surface area contributed by atoms with Crippen LogP contribution in [-0.2, 0) is 13.6 Å². The minimum atomic E-state index is -0.0854. The topological polar surface area (TPSA) is 47.4 Å². The highest BCUT2D eigenvalue weighted by molar-refractivity contribution is 6.31. The number of aryl methyl sites for hydroxylation is 1. The molecule has 1 aliphatic rings. The van der Waals surface area contributed by atoms with E-state index in [4.69, 9.17) is 16.3 Å². The lowest BCUT2D eigenvalue weighted by molar-refractivity contribution is 0.0721. The normalized spacial score (nSPS) is 16.1. The second-order valence-corrected chi connectivity index (χ2v) is 7.17. The predicted octanol–water partition coefficient (Wildman–Crippen LogP) is 3.87. The highest BCUT2D eigenvalue weighted by Crippen LogP contribution is 2.35. The summed E-state index contributed by atoms with van der Waals surface area (Å²) in [7, 11) is 3.46. The fraction of sp³-hybridized carbons (Fsp3) is 0.238. The molecule has 2 heterocycles. The number of fused-ring (bicyclic) bond motifs is 1. The number of methoxy groups -OCH3 is 1. The number of carbonyl (C=O) groups excluding carboxylic acids is 1. The van der Waals surface area contributed by atoms with Gasteiger partial charge in [0.1, 0.15) is 5.75 Å². The SMILES string of the molecule is COc1ccc(Cl)cc1C(=O)N1Cc2ccccc2C(c2cnn(C)c2)C1. The van der Waals surface area contributed by atoms with Crippen LogP contribution in [-0.4, -0.2) is 34.2 Å². The summed E-state index contributed by atoms with van der Waals surface area (Å²) in [5.74, 6) is 0.525. The van der Waals surface area contributed by atoms with Crippen molar-refractivity contribution in [1.29, 1.82) is 0 Å². The van der Waals surface area contributed by atoms with Gasteiger partial charge in [-0.15, -0.1) is 0 Å². The van der Waals surface area contributed by atoms with Crippen molar-refractivity contribution in [3.8, 4) is 5.75 Å². The zero-order chi connectivity index (χ0) is 19.0. The Labute approximate surface area is 163 Å². The minimum absolute atomic E-state index is 0.0813. The highest BCUT2D eigenvalue weighted by atomic mass is 35.5. The Bertz CT molecular complexity index is 999. The quantitative estimate of drug-likeness (QED) is 0.692. The summed E-state index contributed by atoms with van der Waals surface area (Å²) in [4.78, 5) is 15.1. The van der Waals surface area contributed by atoms with E-state index in [1.165, 1.54) is 5.56 Å². The first-order valence-electron chi connectivity index (χ1n) is 8.76. The van der Waals surface area contributed by atoms with Gasteiger partial charge in [0.05, 0.1) is 18.9 Å². The van der Waals surface area contributed by atoms with Crippen molar-refractivity contribution in [3.05, 3.63) is 82.1 Å². The van der Waals surface area contributed by atoms with Gasteiger partial charge in [-0.2, -0.15) is 5.10 Å². The summed E-state index contributed by atoms with van der Waals surface area (Å²) in [5.41, 5.74) is 3.97. The molecule has 2 aromatic carbocycles. The molecule has 0 saturated heterocycles. The Kier molecular flexibility index (Phi) is 4.62. The van der Waals surface area contributed by atoms with E-state index in [1.54, 1.807) is 30.0 Å². The molecule has 0 N–H and O–H groups in total. The van der Waals surface area contributed by atoms with Gasteiger partial charge in [-0.05, 0) is 34.9 Å². The number of ether oxygens (including phenoxy) is 1. The smallest absolute Gasteiger partial charge is 0.258 e. The van der Waals surface area contributed by atoms with Gasteiger partial charge in [0, 0.05) is 37.3 Å². The molecule has 0 fully saturated rings. The molecule has 6 heteroatoms. The lowest BCUT2D eigenvalue weighted by atomic mass is 9.86. The largest absolute Gasteiger partial charge is 0.496 e. The van der Waals surface area contributed by atoms with Gasteiger partial charge < -0.3 is 9.64 Å². The fourth-order valence-electron chi connectivity index (χ4n) is 3.68. The number of amides is 1. The maximum Gasteiger partial charge on any atom is 0.258 e. The molecule has 27 heavy (non-hydrogen) atoms. The van der Waals surface area contributed by atoms with E-state index in [2.05, 4.69) is 17.2 Å². The Morgan fingerprint density at radius 1 is 1.26 bits per heavy atom. The van der Waals surface area contributed by atoms with Crippen LogP contribution in [0.2, 0.25) is 5.02 Å². The molecule has 5 nitrogen and oxygen atoms in total. The summed E-state index contributed by atoms with van der Waals surface area (Å²) in [6.45, 7) is 1.14. The summed E-state index contributed by atoms with van der Waals surface area (Å²) in [6, 6.07) is 13.4. The molecule has 0 radical (unpaired) electrons. The highest BCUT2D eigenvalue weighted by Gasteiger charge is 2.31. The fourth-order valence-corrected chi connectivity index (χ4v) is 3.86. The standard InChI is InChI=1S/C21H20ClN3O2/c1-24-11-15(10-23-24)19-13-25(12-14-5-3-4-6-17(14)19)21(26)18-9-16(22)7-8-20(18)27-2/h3-11,19H,12-13H2,1-2H3. The average molecular weight is 382 g/mol. The molecule has 1 atom stereocenters. The van der Waals surface area contributed by atoms with Gasteiger partial charge >= 0.3 is 0 Å². The first-order valence-corrected chi connectivity index (χ1v) is 9.14. The number of hydrogen-bond donors (Lipinski definition) is 0. The lowest BCUT2D eigenvalue weighted by Crippen LogP contribution is -2.38. The molecule has 1 unspecified atom stereocenters. The molecule has 1 aromatic heterocycles. The van der Waals surface area contributed by atoms with Crippen LogP contribution in [0.15, 0.2) is 54.9 Å². The second-order valence-electron chi connectivity index (χ2n) is 6.73. The van der Waals surface area contributed by atoms with Crippen LogP contribution >= 0.6 is 11.6 Å². The van der Waals surface area contributed by atoms with Crippen molar-refractivity contribution in [1.82, 2.24) is 14.7 Å². The molecule has 0 aliphatic carbocycles. The van der Waals surface area contributed by atoms with E-state index < -0.39 is 0 Å². The second kappa shape index (κ2) is 7.08. The zero-order valence-corrected chi connectivity index (χ0v) is 16.0. The van der Waals surface area contributed by atoms with Crippen molar-refractivity contribution in [2.45, 2.75) is 12.5 Å². The van der Waals surface area contributed by atoms with E-state index in [0.717, 1.165) is 11.1 Å². The predicted molar refractivity (Wildman–Crippen MR) is 104 cm³/mol. The summed E-state index contributed by atoms with van der Waals surface area (Å²) in [6.07, 6.45) is 3.88. The molecular weight excluding hydrogens is 362 g/mol. The van der Waals surface area contributed by atoms with Crippen molar-refractivity contribution in [2.24, 2.45) is 7.05 Å². The molecule has 0 spiro atoms. The van der Waals surface area contributed by atoms with Gasteiger partial charge in [-0.25, -0.2) is 0 Å². The molecule has 1 aliphatic heterocycles. The number of nitrogens with zero attached hydrogens (tertiary/aromatic N) is 3. The number of aromatic nitrogens is 2. The number of benzene rings is 2. The van der Waals surface area contributed by atoms with Crippen LogP contribution in [0.25, 0.3) is 0 Å². The molecule has 4 rings (SSSR count). The zero-order valence-electron chi connectivity index (χ0n) is 15.2. The Morgan fingerprint density at radius 3 is 2.81 bits per heavy atom. The Hall–Kier alpha value is -2.79. The van der Waals surface area contributed by atoms with Crippen LogP contribution in [0.5, 0.6) is 5.75 Å². The first kappa shape index (κ1) is 17.6. The van der Waals surface area contributed by atoms with Crippen LogP contribution < -0.4 is 4.74 Å². The third-order valence-electron chi connectivity index (χ3n) is 5.00. The minimum Gasteiger partial charge on any atom is -0.496 e. The van der Waals surface area contributed by atoms with E-state index in [0.29, 0.717) is 29.4 Å². The molecule has 3 aromatic rings. The van der Waals surface area contributed by atoms with E-state index in [1.807, 2.05) is 36.5 Å². The molecule has 0 bridgehead atoms. The van der Waals surface area contributed by atoms with E-state index in [-0.39, 0.29) is 11.8 Å². The van der Waals surface area contributed by atoms with Gasteiger partial charge in [-0.1, -0.05) is 35.9 Å². The number of hydrogen-bond acceptors (Lipinski definition) is 3. The first-order chi connectivity index (χ1) is 13.1. The summed E-state index contributed by atoms with van der Waals surface area (Å²) >= 11 is 6.13. The molecular formula is C21H20ClN3O2. The number of halogens is 1. The van der Waals surface area contributed by atoms with Crippen LogP contribution in [0.3, 0.4) is 0 Å². The molecule has 138 valence electrons. The summed E-state index contributed by atoms with van der Waals surface area (Å²) in [5, 5.41) is 4.82. The average Bonchev–Trinajstić information content (AvgIpc) is 3.12. The van der Waals surface area contributed by atoms with Crippen molar-refractivity contribution >= 4 is 17.5 Å². The maximum absolute atomic E-state index is 13.3. The van der Waals surface area contributed by atoms with Crippen molar-refractivity contribution in [2.75, 3.05) is 13.7 Å². The number of carbonyl (C=O) groups is 1. The Morgan fingerprint density at radius 2 is 2.07 bits per heavy atom. The lowest BCUT2D eigenvalue weighted by Gasteiger charge is -2.34. The van der Waals surface area contributed by atoms with Gasteiger partial charge in [-0.3, -0.25) is 9.48 Å². The molecule has 0 saturated carbocycles.